The van der Waals surface area contributed by atoms with Crippen LogP contribution >= 0.6 is 0 Å². The molecular weight excluding hydrogens is 276 g/mol. The Hall–Kier alpha value is -1.40. The largest absolute Gasteiger partial charge is 0.499 e. The lowest BCUT2D eigenvalue weighted by Gasteiger charge is -2.39. The van der Waals surface area contributed by atoms with E-state index in [2.05, 4.69) is 53.6 Å². The fraction of sp³-hybridized carbons (Fsp3) is 0.556. The molecule has 0 saturated carbocycles. The van der Waals surface area contributed by atoms with Gasteiger partial charge in [0.2, 0.25) is 0 Å². The van der Waals surface area contributed by atoms with E-state index in [1.807, 2.05) is 24.3 Å². The molecular formula is C18H28O2Si. The molecule has 3 heteroatoms. The second-order valence-electron chi connectivity index (χ2n) is 6.38. The Bertz CT molecular complexity index is 470. The molecule has 0 bridgehead atoms. The van der Waals surface area contributed by atoms with Crippen molar-refractivity contribution in [3.63, 3.8) is 0 Å². The van der Waals surface area contributed by atoms with Crippen molar-refractivity contribution in [1.29, 1.82) is 0 Å². The molecule has 0 atom stereocenters. The summed E-state index contributed by atoms with van der Waals surface area (Å²) in [5.74, 6) is 3.97. The summed E-state index contributed by atoms with van der Waals surface area (Å²) in [6, 6.07) is 7.75. The Balaban J connectivity index is 2.94. The summed E-state index contributed by atoms with van der Waals surface area (Å²) < 4.78 is 11.4. The van der Waals surface area contributed by atoms with Gasteiger partial charge in [-0.15, -0.1) is 0 Å². The van der Waals surface area contributed by atoms with Gasteiger partial charge < -0.3 is 9.16 Å². The number of ether oxygens (including phenoxy) is 1. The van der Waals surface area contributed by atoms with Crippen LogP contribution in [0, 0.1) is 12.0 Å². The SMILES string of the molecule is COc1ccc(C#CO[Si](C(C)C)(C(C)C)C(C)C)cc1. The van der Waals surface area contributed by atoms with Crippen molar-refractivity contribution in [2.75, 3.05) is 7.11 Å². The maximum Gasteiger partial charge on any atom is 0.272 e. The van der Waals surface area contributed by atoms with Crippen molar-refractivity contribution in [3.05, 3.63) is 29.8 Å². The van der Waals surface area contributed by atoms with E-state index in [0.29, 0.717) is 16.6 Å². The Morgan fingerprint density at radius 3 is 1.71 bits per heavy atom. The second-order valence-corrected chi connectivity index (χ2v) is 11.8. The first-order valence-electron chi connectivity index (χ1n) is 7.67. The van der Waals surface area contributed by atoms with E-state index < -0.39 is 8.32 Å². The van der Waals surface area contributed by atoms with Crippen LogP contribution in [0.15, 0.2) is 24.3 Å². The van der Waals surface area contributed by atoms with E-state index in [1.165, 1.54) is 0 Å². The zero-order chi connectivity index (χ0) is 16.0. The summed E-state index contributed by atoms with van der Waals surface area (Å²) in [6.45, 7) is 13.6. The van der Waals surface area contributed by atoms with Gasteiger partial charge in [0.05, 0.1) is 7.11 Å². The predicted octanol–water partition coefficient (Wildman–Crippen LogP) is 5.20. The quantitative estimate of drug-likeness (QED) is 0.550. The third kappa shape index (κ3) is 4.04. The van der Waals surface area contributed by atoms with Gasteiger partial charge in [0.1, 0.15) is 11.9 Å². The molecule has 0 heterocycles. The Labute approximate surface area is 131 Å². The van der Waals surface area contributed by atoms with Gasteiger partial charge in [0, 0.05) is 5.56 Å². The van der Waals surface area contributed by atoms with Gasteiger partial charge >= 0.3 is 0 Å². The third-order valence-electron chi connectivity index (χ3n) is 4.22. The minimum Gasteiger partial charge on any atom is -0.499 e. The molecule has 116 valence electrons. The van der Waals surface area contributed by atoms with Crippen molar-refractivity contribution in [2.24, 2.45) is 0 Å². The van der Waals surface area contributed by atoms with Gasteiger partial charge in [0.15, 0.2) is 0 Å². The van der Waals surface area contributed by atoms with Crippen LogP contribution in [0.2, 0.25) is 16.6 Å². The number of rotatable bonds is 5. The highest BCUT2D eigenvalue weighted by Gasteiger charge is 2.46. The molecule has 0 spiro atoms. The van der Waals surface area contributed by atoms with Crippen LogP contribution in [0.3, 0.4) is 0 Å². The minimum absolute atomic E-state index is 0.544. The summed E-state index contributed by atoms with van der Waals surface area (Å²) in [5, 5.41) is 0. The van der Waals surface area contributed by atoms with Gasteiger partial charge in [-0.3, -0.25) is 0 Å². The van der Waals surface area contributed by atoms with Crippen LogP contribution < -0.4 is 4.74 Å². The average molecular weight is 305 g/mol. The third-order valence-corrected chi connectivity index (χ3v) is 10.1. The Kier molecular flexibility index (Phi) is 6.35. The molecule has 1 aromatic rings. The van der Waals surface area contributed by atoms with Crippen LogP contribution in [-0.2, 0) is 4.43 Å². The van der Waals surface area contributed by atoms with Gasteiger partial charge in [-0.2, -0.15) is 0 Å². The first kappa shape index (κ1) is 17.6. The molecule has 0 fully saturated rings. The molecule has 0 radical (unpaired) electrons. The van der Waals surface area contributed by atoms with Crippen LogP contribution in [0.5, 0.6) is 5.75 Å². The molecule has 0 aromatic heterocycles. The first-order valence-corrected chi connectivity index (χ1v) is 9.81. The zero-order valence-corrected chi connectivity index (χ0v) is 15.4. The maximum atomic E-state index is 6.22. The minimum atomic E-state index is -1.90. The van der Waals surface area contributed by atoms with Crippen molar-refractivity contribution < 1.29 is 9.16 Å². The monoisotopic (exact) mass is 304 g/mol. The summed E-state index contributed by atoms with van der Waals surface area (Å²) in [4.78, 5) is 0. The predicted molar refractivity (Wildman–Crippen MR) is 92.0 cm³/mol. The van der Waals surface area contributed by atoms with Crippen molar-refractivity contribution >= 4 is 8.32 Å². The van der Waals surface area contributed by atoms with Crippen molar-refractivity contribution in [2.45, 2.75) is 58.2 Å². The van der Waals surface area contributed by atoms with E-state index in [1.54, 1.807) is 7.11 Å². The number of methoxy groups -OCH3 is 1. The summed E-state index contributed by atoms with van der Waals surface area (Å²) in [6.07, 6.45) is 3.00. The van der Waals surface area contributed by atoms with Crippen molar-refractivity contribution in [1.82, 2.24) is 0 Å². The maximum absolute atomic E-state index is 6.22. The molecule has 0 N–H and O–H groups in total. The normalized spacial score (nSPS) is 11.5. The molecule has 0 unspecified atom stereocenters. The van der Waals surface area contributed by atoms with Gasteiger partial charge in [-0.25, -0.2) is 0 Å². The summed E-state index contributed by atoms with van der Waals surface area (Å²) in [7, 11) is -0.233. The Morgan fingerprint density at radius 2 is 1.33 bits per heavy atom. The van der Waals surface area contributed by atoms with Gasteiger partial charge in [-0.05, 0) is 46.8 Å². The van der Waals surface area contributed by atoms with Crippen LogP contribution in [0.1, 0.15) is 47.1 Å². The van der Waals surface area contributed by atoms with E-state index in [9.17, 15) is 0 Å². The topological polar surface area (TPSA) is 18.5 Å². The Morgan fingerprint density at radius 1 is 0.857 bits per heavy atom. The molecule has 1 rings (SSSR count). The molecule has 0 aliphatic carbocycles. The van der Waals surface area contributed by atoms with E-state index in [4.69, 9.17) is 9.16 Å². The number of benzene rings is 1. The fourth-order valence-corrected chi connectivity index (χ4v) is 8.14. The summed E-state index contributed by atoms with van der Waals surface area (Å²) in [5.41, 5.74) is 2.59. The van der Waals surface area contributed by atoms with E-state index in [-0.39, 0.29) is 0 Å². The summed E-state index contributed by atoms with van der Waals surface area (Å²) >= 11 is 0. The molecule has 21 heavy (non-hydrogen) atoms. The fourth-order valence-electron chi connectivity index (χ4n) is 3.20. The molecule has 0 saturated heterocycles. The standard InChI is InChI=1S/C18H28O2Si/c1-14(2)21(15(3)4,16(5)6)20-13-12-17-8-10-18(19-7)11-9-17/h8-11,14-16H,1-7H3. The average Bonchev–Trinajstić information content (AvgIpc) is 2.43. The van der Waals surface area contributed by atoms with Crippen molar-refractivity contribution in [3.8, 4) is 17.8 Å². The molecule has 0 aliphatic rings. The van der Waals surface area contributed by atoms with Crippen LogP contribution in [0.25, 0.3) is 0 Å². The smallest absolute Gasteiger partial charge is 0.272 e. The lowest BCUT2D eigenvalue weighted by molar-refractivity contribution is 0.415. The molecule has 1 aromatic carbocycles. The highest BCUT2D eigenvalue weighted by Crippen LogP contribution is 2.41. The first-order chi connectivity index (χ1) is 9.84. The van der Waals surface area contributed by atoms with E-state index >= 15 is 0 Å². The molecule has 0 aliphatic heterocycles. The van der Waals surface area contributed by atoms with Crippen LogP contribution in [-0.4, -0.2) is 15.4 Å². The van der Waals surface area contributed by atoms with Crippen LogP contribution in [0.4, 0.5) is 0 Å². The second kappa shape index (κ2) is 7.56. The van der Waals surface area contributed by atoms with Gasteiger partial charge in [-0.1, -0.05) is 41.5 Å². The lowest BCUT2D eigenvalue weighted by Crippen LogP contribution is -2.46. The number of hydrogen-bond acceptors (Lipinski definition) is 2. The molecule has 2 nitrogen and oxygen atoms in total. The zero-order valence-electron chi connectivity index (χ0n) is 14.4. The highest BCUT2D eigenvalue weighted by atomic mass is 28.4. The lowest BCUT2D eigenvalue weighted by atomic mass is 10.2. The molecule has 0 amide bonds. The highest BCUT2D eigenvalue weighted by molar-refractivity contribution is 6.77. The number of hydrogen-bond donors (Lipinski definition) is 0. The van der Waals surface area contributed by atoms with Gasteiger partial charge in [0.25, 0.3) is 8.32 Å². The van der Waals surface area contributed by atoms with E-state index in [0.717, 1.165) is 11.3 Å².